The van der Waals surface area contributed by atoms with Crippen LogP contribution in [0.5, 0.6) is 0 Å². The molecule has 0 aliphatic heterocycles. The lowest BCUT2D eigenvalue weighted by atomic mass is 10.0. The van der Waals surface area contributed by atoms with Gasteiger partial charge >= 0.3 is 13.6 Å². The number of hydrogen-bond acceptors (Lipinski definition) is 5. The third-order valence-electron chi connectivity index (χ3n) is 2.25. The normalized spacial score (nSPS) is 11.8. The smallest absolute Gasteiger partial charge is 0.396 e. The average molecular weight is 251 g/mol. The lowest BCUT2D eigenvalue weighted by Gasteiger charge is -2.12. The maximum atomic E-state index is 11.0. The summed E-state index contributed by atoms with van der Waals surface area (Å²) >= 11 is 0. The highest BCUT2D eigenvalue weighted by Gasteiger charge is 2.18. The van der Waals surface area contributed by atoms with Crippen LogP contribution in [-0.4, -0.2) is 36.8 Å². The van der Waals surface area contributed by atoms with Gasteiger partial charge in [0.15, 0.2) is 0 Å². The van der Waals surface area contributed by atoms with Crippen LogP contribution in [0.3, 0.4) is 0 Å². The summed E-state index contributed by atoms with van der Waals surface area (Å²) in [5, 5.41) is 22.1. The standard InChI is InChI=1S/C10H12BN2O5/c1-18-11-12-9(10(14)15)6-7-3-2-4-8(5-7)13(16)17/h2-5,9,12H,6H2,1H3,(H,14,15). The van der Waals surface area contributed by atoms with Gasteiger partial charge in [0.1, 0.15) is 6.04 Å². The van der Waals surface area contributed by atoms with E-state index in [9.17, 15) is 14.9 Å². The highest BCUT2D eigenvalue weighted by Crippen LogP contribution is 2.14. The number of benzene rings is 1. The van der Waals surface area contributed by atoms with Crippen molar-refractivity contribution in [3.63, 3.8) is 0 Å². The number of aliphatic carboxylic acids is 1. The molecule has 7 nitrogen and oxygen atoms in total. The molecule has 0 aliphatic rings. The third-order valence-corrected chi connectivity index (χ3v) is 2.25. The second kappa shape index (κ2) is 6.72. The van der Waals surface area contributed by atoms with E-state index in [0.29, 0.717) is 5.56 Å². The Bertz CT molecular complexity index is 440. The van der Waals surface area contributed by atoms with E-state index in [4.69, 9.17) is 5.11 Å². The van der Waals surface area contributed by atoms with E-state index in [1.54, 1.807) is 6.07 Å². The van der Waals surface area contributed by atoms with Crippen molar-refractivity contribution in [2.45, 2.75) is 12.5 Å². The lowest BCUT2D eigenvalue weighted by molar-refractivity contribution is -0.384. The SMILES string of the molecule is CO[B]NC(Cc1cccc([N+](=O)[O-])c1)C(=O)O. The van der Waals surface area contributed by atoms with Gasteiger partial charge in [-0.2, -0.15) is 0 Å². The van der Waals surface area contributed by atoms with Crippen molar-refractivity contribution in [3.8, 4) is 0 Å². The van der Waals surface area contributed by atoms with Gasteiger partial charge < -0.3 is 15.0 Å². The van der Waals surface area contributed by atoms with Crippen molar-refractivity contribution < 1.29 is 19.5 Å². The van der Waals surface area contributed by atoms with Crippen LogP contribution in [0.4, 0.5) is 5.69 Å². The molecule has 1 unspecified atom stereocenters. The molecule has 0 saturated carbocycles. The molecule has 0 spiro atoms. The van der Waals surface area contributed by atoms with Crippen molar-refractivity contribution in [2.75, 3.05) is 7.11 Å². The summed E-state index contributed by atoms with van der Waals surface area (Å²) < 4.78 is 4.61. The fourth-order valence-corrected chi connectivity index (χ4v) is 1.40. The Morgan fingerprint density at radius 3 is 2.94 bits per heavy atom. The van der Waals surface area contributed by atoms with E-state index in [1.807, 2.05) is 0 Å². The van der Waals surface area contributed by atoms with Gasteiger partial charge in [0.05, 0.1) is 4.92 Å². The number of hydrogen-bond donors (Lipinski definition) is 2. The summed E-state index contributed by atoms with van der Waals surface area (Å²) in [5.74, 6) is -1.06. The number of carboxylic acids is 1. The Labute approximate surface area is 104 Å². The molecule has 1 atom stereocenters. The molecule has 1 radical (unpaired) electrons. The zero-order valence-corrected chi connectivity index (χ0v) is 9.70. The Hall–Kier alpha value is -1.93. The van der Waals surface area contributed by atoms with Gasteiger partial charge in [0.25, 0.3) is 5.69 Å². The molecule has 0 aliphatic carbocycles. The molecule has 0 bridgehead atoms. The van der Waals surface area contributed by atoms with Gasteiger partial charge in [-0.1, -0.05) is 12.1 Å². The maximum Gasteiger partial charge on any atom is 0.396 e. The van der Waals surface area contributed by atoms with Crippen LogP contribution in [0, 0.1) is 10.1 Å². The minimum atomic E-state index is -1.06. The van der Waals surface area contributed by atoms with Crippen molar-refractivity contribution in [1.82, 2.24) is 5.23 Å². The van der Waals surface area contributed by atoms with E-state index in [2.05, 4.69) is 9.88 Å². The fourth-order valence-electron chi connectivity index (χ4n) is 1.40. The first kappa shape index (κ1) is 14.1. The number of non-ortho nitro benzene ring substituents is 1. The molecule has 0 amide bonds. The van der Waals surface area contributed by atoms with Crippen LogP contribution in [0.1, 0.15) is 5.56 Å². The minimum absolute atomic E-state index is 0.0626. The van der Waals surface area contributed by atoms with E-state index in [-0.39, 0.29) is 12.1 Å². The van der Waals surface area contributed by atoms with E-state index in [1.165, 1.54) is 25.3 Å². The predicted molar refractivity (Wildman–Crippen MR) is 64.1 cm³/mol. The van der Waals surface area contributed by atoms with Gasteiger partial charge in [0.2, 0.25) is 0 Å². The third kappa shape index (κ3) is 4.15. The molecule has 0 saturated heterocycles. The number of nitro benzene ring substituents is 1. The largest absolute Gasteiger partial charge is 0.480 e. The molecule has 1 aromatic rings. The topological polar surface area (TPSA) is 102 Å². The van der Waals surface area contributed by atoms with Gasteiger partial charge in [-0.25, -0.2) is 0 Å². The molecule has 0 fully saturated rings. The first-order valence-electron chi connectivity index (χ1n) is 5.11. The molecular formula is C10H12BN2O5. The molecule has 1 aromatic carbocycles. The van der Waals surface area contributed by atoms with Crippen molar-refractivity contribution >= 4 is 19.3 Å². The number of nitrogens with one attached hydrogen (secondary N) is 1. The number of nitrogens with zero attached hydrogens (tertiary/aromatic N) is 1. The predicted octanol–water partition coefficient (Wildman–Crippen LogP) is 0.361. The van der Waals surface area contributed by atoms with E-state index in [0.717, 1.165) is 7.62 Å². The minimum Gasteiger partial charge on any atom is -0.480 e. The van der Waals surface area contributed by atoms with Crippen LogP contribution in [0.15, 0.2) is 24.3 Å². The summed E-state index contributed by atoms with van der Waals surface area (Å²) in [6.45, 7) is 0. The van der Waals surface area contributed by atoms with E-state index >= 15 is 0 Å². The summed E-state index contributed by atoms with van der Waals surface area (Å²) in [4.78, 5) is 21.0. The van der Waals surface area contributed by atoms with Crippen molar-refractivity contribution in [1.29, 1.82) is 0 Å². The molecule has 1 rings (SSSR count). The van der Waals surface area contributed by atoms with Gasteiger partial charge in [-0.15, -0.1) is 0 Å². The Morgan fingerprint density at radius 1 is 1.67 bits per heavy atom. The summed E-state index contributed by atoms with van der Waals surface area (Å²) in [6.07, 6.45) is 0.122. The van der Waals surface area contributed by atoms with Crippen LogP contribution in [0.25, 0.3) is 0 Å². The Morgan fingerprint density at radius 2 is 2.39 bits per heavy atom. The number of nitro groups is 1. The first-order chi connectivity index (χ1) is 8.54. The lowest BCUT2D eigenvalue weighted by Crippen LogP contribution is -2.41. The maximum absolute atomic E-state index is 11.0. The van der Waals surface area contributed by atoms with Gasteiger partial charge in [-0.05, 0) is 12.0 Å². The second-order valence-corrected chi connectivity index (χ2v) is 3.54. The van der Waals surface area contributed by atoms with Crippen LogP contribution >= 0.6 is 0 Å². The Kier molecular flexibility index (Phi) is 5.28. The fraction of sp³-hybridized carbons (Fsp3) is 0.300. The highest BCUT2D eigenvalue weighted by molar-refractivity contribution is 6.24. The number of rotatable bonds is 7. The Balaban J connectivity index is 2.77. The number of carbonyl (C=O) groups is 1. The zero-order valence-electron chi connectivity index (χ0n) is 9.70. The van der Waals surface area contributed by atoms with Crippen molar-refractivity contribution in [2.24, 2.45) is 0 Å². The highest BCUT2D eigenvalue weighted by atomic mass is 16.6. The van der Waals surface area contributed by atoms with Crippen LogP contribution < -0.4 is 5.23 Å². The second-order valence-electron chi connectivity index (χ2n) is 3.54. The summed E-state index contributed by atoms with van der Waals surface area (Å²) in [6, 6.07) is 4.97. The quantitative estimate of drug-likeness (QED) is 0.412. The van der Waals surface area contributed by atoms with Gasteiger partial charge in [-0.3, -0.25) is 14.9 Å². The van der Waals surface area contributed by atoms with Gasteiger partial charge in [0, 0.05) is 19.2 Å². The first-order valence-corrected chi connectivity index (χ1v) is 5.11. The molecule has 8 heteroatoms. The average Bonchev–Trinajstić information content (AvgIpc) is 2.34. The van der Waals surface area contributed by atoms with E-state index < -0.39 is 16.9 Å². The molecule has 2 N–H and O–H groups in total. The van der Waals surface area contributed by atoms with Crippen LogP contribution in [-0.2, 0) is 15.9 Å². The monoisotopic (exact) mass is 251 g/mol. The van der Waals surface area contributed by atoms with Crippen molar-refractivity contribution in [3.05, 3.63) is 39.9 Å². The molecule has 95 valence electrons. The number of carboxylic acid groups (broad SMARTS) is 1. The molecule has 0 heterocycles. The zero-order chi connectivity index (χ0) is 13.5. The summed E-state index contributed by atoms with van der Waals surface area (Å²) in [5.41, 5.74) is 0.501. The molecule has 18 heavy (non-hydrogen) atoms. The summed E-state index contributed by atoms with van der Waals surface area (Å²) in [7, 11) is 2.55. The molecule has 0 aromatic heterocycles. The van der Waals surface area contributed by atoms with Crippen LogP contribution in [0.2, 0.25) is 0 Å². The molecular weight excluding hydrogens is 239 g/mol.